The number of alkyl halides is 1. The molecule has 0 aliphatic carbocycles. The molecule has 2 rings (SSSR count). The van der Waals surface area contributed by atoms with Crippen LogP contribution in [-0.4, -0.2) is 27.2 Å². The second kappa shape index (κ2) is 4.57. The number of carbonyl (C=O) groups excluding carboxylic acids is 1. The first kappa shape index (κ1) is 11.6. The minimum Gasteiger partial charge on any atom is -0.444 e. The van der Waals surface area contributed by atoms with E-state index in [9.17, 15) is 4.79 Å². The third-order valence-electron chi connectivity index (χ3n) is 2.87. The first-order valence-corrected chi connectivity index (χ1v) is 6.38. The molecule has 1 fully saturated rings. The lowest BCUT2D eigenvalue weighted by molar-refractivity contribution is -0.135. The quantitative estimate of drug-likeness (QED) is 0.785. The maximum atomic E-state index is 12.0. The summed E-state index contributed by atoms with van der Waals surface area (Å²) in [5.74, 6) is 1.53. The second-order valence-corrected chi connectivity index (χ2v) is 5.23. The lowest BCUT2D eigenvalue weighted by Crippen LogP contribution is -2.43. The number of piperidine rings is 1. The average molecular weight is 287 g/mol. The van der Waals surface area contributed by atoms with Crippen LogP contribution in [0.25, 0.3) is 0 Å². The van der Waals surface area contributed by atoms with Crippen molar-refractivity contribution in [2.45, 2.75) is 37.6 Å². The van der Waals surface area contributed by atoms with E-state index in [0.29, 0.717) is 5.89 Å². The molecule has 0 aromatic carbocycles. The van der Waals surface area contributed by atoms with Gasteiger partial charge in [-0.1, -0.05) is 15.9 Å². The van der Waals surface area contributed by atoms with E-state index in [1.165, 1.54) is 0 Å². The van der Waals surface area contributed by atoms with Crippen LogP contribution in [0.2, 0.25) is 0 Å². The minimum atomic E-state index is -0.0819. The van der Waals surface area contributed by atoms with Crippen LogP contribution in [-0.2, 0) is 4.79 Å². The van der Waals surface area contributed by atoms with Gasteiger partial charge in [-0.05, 0) is 26.7 Å². The van der Waals surface area contributed by atoms with Crippen LogP contribution in [0.1, 0.15) is 37.5 Å². The van der Waals surface area contributed by atoms with Gasteiger partial charge in [-0.25, -0.2) is 4.98 Å². The number of likely N-dealkylation sites (tertiary alicyclic amines) is 1. The van der Waals surface area contributed by atoms with Crippen molar-refractivity contribution in [2.24, 2.45) is 0 Å². The summed E-state index contributed by atoms with van der Waals surface area (Å²) in [6.07, 6.45) is 3.62. The van der Waals surface area contributed by atoms with Crippen LogP contribution in [0, 0.1) is 6.92 Å². The van der Waals surface area contributed by atoms with Gasteiger partial charge < -0.3 is 9.32 Å². The predicted octanol–water partition coefficient (Wildman–Crippen LogP) is 2.43. The van der Waals surface area contributed by atoms with E-state index in [1.807, 2.05) is 18.7 Å². The Morgan fingerprint density at radius 1 is 1.69 bits per heavy atom. The van der Waals surface area contributed by atoms with E-state index in [1.54, 1.807) is 6.20 Å². The molecule has 88 valence electrons. The monoisotopic (exact) mass is 286 g/mol. The van der Waals surface area contributed by atoms with Gasteiger partial charge in [-0.15, -0.1) is 0 Å². The third kappa shape index (κ3) is 2.14. The Bertz CT molecular complexity index is 391. The number of aryl methyl sites for hydroxylation is 1. The summed E-state index contributed by atoms with van der Waals surface area (Å²) in [5.41, 5.74) is 0. The maximum Gasteiger partial charge on any atom is 0.237 e. The van der Waals surface area contributed by atoms with Crippen molar-refractivity contribution >= 4 is 21.8 Å². The van der Waals surface area contributed by atoms with Gasteiger partial charge in [0.15, 0.2) is 0 Å². The highest BCUT2D eigenvalue weighted by Crippen LogP contribution is 2.27. The Labute approximate surface area is 103 Å². The molecular weight excluding hydrogens is 272 g/mol. The van der Waals surface area contributed by atoms with Gasteiger partial charge in [0.25, 0.3) is 0 Å². The lowest BCUT2D eigenvalue weighted by atomic mass is 10.1. The zero-order chi connectivity index (χ0) is 11.7. The largest absolute Gasteiger partial charge is 0.444 e. The molecule has 0 spiro atoms. The number of amides is 1. The van der Waals surface area contributed by atoms with Gasteiger partial charge in [0.05, 0.1) is 11.0 Å². The summed E-state index contributed by atoms with van der Waals surface area (Å²) in [4.78, 5) is 17.9. The van der Waals surface area contributed by atoms with Crippen LogP contribution in [0.5, 0.6) is 0 Å². The van der Waals surface area contributed by atoms with E-state index in [4.69, 9.17) is 4.42 Å². The number of carbonyl (C=O) groups is 1. The van der Waals surface area contributed by atoms with E-state index >= 15 is 0 Å². The van der Waals surface area contributed by atoms with Crippen molar-refractivity contribution in [1.82, 2.24) is 9.88 Å². The first-order valence-electron chi connectivity index (χ1n) is 5.46. The van der Waals surface area contributed by atoms with Gasteiger partial charge in [-0.3, -0.25) is 4.79 Å². The van der Waals surface area contributed by atoms with E-state index in [2.05, 4.69) is 20.9 Å². The van der Waals surface area contributed by atoms with Gasteiger partial charge in [0.1, 0.15) is 11.8 Å². The normalized spacial score (nSPS) is 23.6. The van der Waals surface area contributed by atoms with E-state index in [0.717, 1.165) is 25.1 Å². The van der Waals surface area contributed by atoms with Crippen molar-refractivity contribution < 1.29 is 9.21 Å². The standard InChI is InChI=1S/C11H15BrN2O2/c1-7-6-13-10(16-7)8(2)14-5-3-4-9(12)11(14)15/h6,8-9H,3-5H2,1-2H3. The van der Waals surface area contributed by atoms with Gasteiger partial charge in [0.2, 0.25) is 11.8 Å². The molecule has 4 nitrogen and oxygen atoms in total. The number of nitrogens with zero attached hydrogens (tertiary/aromatic N) is 2. The number of hydrogen-bond donors (Lipinski definition) is 0. The molecule has 1 aromatic rings. The molecule has 1 aliphatic heterocycles. The molecule has 0 radical (unpaired) electrons. The van der Waals surface area contributed by atoms with E-state index in [-0.39, 0.29) is 16.8 Å². The molecule has 1 aliphatic rings. The number of hydrogen-bond acceptors (Lipinski definition) is 3. The number of oxazole rings is 1. The molecule has 1 amide bonds. The fraction of sp³-hybridized carbons (Fsp3) is 0.636. The number of rotatable bonds is 2. The Hall–Kier alpha value is -0.840. The predicted molar refractivity (Wildman–Crippen MR) is 63.3 cm³/mol. The molecule has 2 unspecified atom stereocenters. The van der Waals surface area contributed by atoms with Gasteiger partial charge in [0, 0.05) is 6.54 Å². The van der Waals surface area contributed by atoms with Crippen LogP contribution in [0.15, 0.2) is 10.6 Å². The topological polar surface area (TPSA) is 46.3 Å². The molecule has 0 N–H and O–H groups in total. The van der Waals surface area contributed by atoms with E-state index < -0.39 is 0 Å². The average Bonchev–Trinajstić information content (AvgIpc) is 2.68. The Balaban J connectivity index is 2.14. The summed E-state index contributed by atoms with van der Waals surface area (Å²) in [5, 5.41) is 0. The van der Waals surface area contributed by atoms with Gasteiger partial charge >= 0.3 is 0 Å². The van der Waals surface area contributed by atoms with Crippen molar-refractivity contribution in [3.05, 3.63) is 17.8 Å². The fourth-order valence-corrected chi connectivity index (χ4v) is 2.52. The summed E-state index contributed by atoms with van der Waals surface area (Å²) in [6, 6.07) is -0.0819. The van der Waals surface area contributed by atoms with Crippen molar-refractivity contribution in [1.29, 1.82) is 0 Å². The zero-order valence-electron chi connectivity index (χ0n) is 9.44. The lowest BCUT2D eigenvalue weighted by Gasteiger charge is -2.33. The van der Waals surface area contributed by atoms with Crippen LogP contribution in [0.3, 0.4) is 0 Å². The molecule has 2 atom stereocenters. The molecule has 1 saturated heterocycles. The second-order valence-electron chi connectivity index (χ2n) is 4.13. The van der Waals surface area contributed by atoms with Crippen LogP contribution >= 0.6 is 15.9 Å². The molecule has 0 saturated carbocycles. The Morgan fingerprint density at radius 3 is 3.06 bits per heavy atom. The summed E-state index contributed by atoms with van der Waals surface area (Å²) in [6.45, 7) is 4.59. The highest BCUT2D eigenvalue weighted by atomic mass is 79.9. The van der Waals surface area contributed by atoms with Crippen molar-refractivity contribution in [3.8, 4) is 0 Å². The SMILES string of the molecule is Cc1cnc(C(C)N2CCCC(Br)C2=O)o1. The number of aromatic nitrogens is 1. The van der Waals surface area contributed by atoms with Gasteiger partial charge in [-0.2, -0.15) is 0 Å². The third-order valence-corrected chi connectivity index (χ3v) is 3.72. The smallest absolute Gasteiger partial charge is 0.237 e. The minimum absolute atomic E-state index is 0.0558. The highest BCUT2D eigenvalue weighted by molar-refractivity contribution is 9.10. The maximum absolute atomic E-state index is 12.0. The summed E-state index contributed by atoms with van der Waals surface area (Å²) < 4.78 is 5.46. The van der Waals surface area contributed by atoms with Crippen molar-refractivity contribution in [2.75, 3.05) is 6.54 Å². The fourth-order valence-electron chi connectivity index (χ4n) is 1.94. The molecular formula is C11H15BrN2O2. The Kier molecular flexibility index (Phi) is 3.33. The van der Waals surface area contributed by atoms with Crippen LogP contribution < -0.4 is 0 Å². The van der Waals surface area contributed by atoms with Crippen LogP contribution in [0.4, 0.5) is 0 Å². The molecule has 2 heterocycles. The first-order chi connectivity index (χ1) is 7.59. The van der Waals surface area contributed by atoms with Crippen molar-refractivity contribution in [3.63, 3.8) is 0 Å². The molecule has 0 bridgehead atoms. The number of halogens is 1. The Morgan fingerprint density at radius 2 is 2.44 bits per heavy atom. The molecule has 16 heavy (non-hydrogen) atoms. The molecule has 1 aromatic heterocycles. The highest BCUT2D eigenvalue weighted by Gasteiger charge is 2.32. The summed E-state index contributed by atoms with van der Waals surface area (Å²) >= 11 is 3.40. The zero-order valence-corrected chi connectivity index (χ0v) is 11.0. The molecule has 5 heteroatoms. The summed E-state index contributed by atoms with van der Waals surface area (Å²) in [7, 11) is 0.